The zero-order valence-electron chi connectivity index (χ0n) is 14.3. The number of fused-ring (bicyclic) bond motifs is 1. The van der Waals surface area contributed by atoms with Gasteiger partial charge in [0.15, 0.2) is 0 Å². The predicted molar refractivity (Wildman–Crippen MR) is 101 cm³/mol. The van der Waals surface area contributed by atoms with Gasteiger partial charge in [0, 0.05) is 16.6 Å². The number of hydrogen-bond acceptors (Lipinski definition) is 1. The van der Waals surface area contributed by atoms with Crippen molar-refractivity contribution in [2.24, 2.45) is 17.8 Å². The number of rotatable bonds is 2. The smallest absolute Gasteiger partial charge is 0.228 e. The first kappa shape index (κ1) is 17.3. The van der Waals surface area contributed by atoms with Crippen LogP contribution in [0.1, 0.15) is 44.1 Å². The van der Waals surface area contributed by atoms with E-state index in [0.717, 1.165) is 49.8 Å². The summed E-state index contributed by atoms with van der Waals surface area (Å²) in [5.41, 5.74) is 1.78. The standard InChI is InChI=1S/C21H26ClNO/c1-15-18(22)13-10-14-19(15)23-21(24)20-16-11-8-6-4-2-3-5-7-9-12-17(16)20/h4-7,10,13-14,16-17,20H,2-3,8-9,11-12H2,1H3,(H,23,24)/b6-4-,7-5-/t16-,17-/m1/s1. The molecule has 1 aromatic carbocycles. The van der Waals surface area contributed by atoms with Gasteiger partial charge in [0.25, 0.3) is 0 Å². The maximum Gasteiger partial charge on any atom is 0.228 e. The van der Waals surface area contributed by atoms with E-state index in [1.165, 1.54) is 0 Å². The first-order valence-corrected chi connectivity index (χ1v) is 9.42. The maximum absolute atomic E-state index is 12.7. The van der Waals surface area contributed by atoms with Gasteiger partial charge in [-0.2, -0.15) is 0 Å². The molecule has 24 heavy (non-hydrogen) atoms. The van der Waals surface area contributed by atoms with Gasteiger partial charge in [0.1, 0.15) is 0 Å². The van der Waals surface area contributed by atoms with Gasteiger partial charge in [-0.05, 0) is 75.0 Å². The molecule has 1 aromatic rings. The number of carbonyl (C=O) groups excluding carboxylic acids is 1. The van der Waals surface area contributed by atoms with Crippen LogP contribution < -0.4 is 5.32 Å². The molecule has 0 bridgehead atoms. The molecule has 0 aromatic heterocycles. The van der Waals surface area contributed by atoms with Gasteiger partial charge in [-0.1, -0.05) is 42.0 Å². The average molecular weight is 344 g/mol. The molecule has 0 saturated heterocycles. The molecule has 1 fully saturated rings. The zero-order valence-corrected chi connectivity index (χ0v) is 15.1. The zero-order chi connectivity index (χ0) is 16.9. The average Bonchev–Trinajstić information content (AvgIpc) is 3.24. The Morgan fingerprint density at radius 1 is 1.00 bits per heavy atom. The number of benzene rings is 1. The molecule has 0 spiro atoms. The van der Waals surface area contributed by atoms with Crippen LogP contribution >= 0.6 is 11.6 Å². The highest BCUT2D eigenvalue weighted by molar-refractivity contribution is 6.31. The molecule has 128 valence electrons. The number of nitrogens with one attached hydrogen (secondary N) is 1. The highest BCUT2D eigenvalue weighted by Gasteiger charge is 2.52. The van der Waals surface area contributed by atoms with E-state index in [-0.39, 0.29) is 11.8 Å². The van der Waals surface area contributed by atoms with Crippen LogP contribution in [0, 0.1) is 24.7 Å². The topological polar surface area (TPSA) is 29.1 Å². The van der Waals surface area contributed by atoms with Gasteiger partial charge in [-0.15, -0.1) is 0 Å². The first-order chi connectivity index (χ1) is 11.7. The number of hydrogen-bond donors (Lipinski definition) is 1. The van der Waals surface area contributed by atoms with E-state index in [4.69, 9.17) is 11.6 Å². The van der Waals surface area contributed by atoms with Crippen LogP contribution in [0.3, 0.4) is 0 Å². The fourth-order valence-corrected chi connectivity index (χ4v) is 4.00. The third kappa shape index (κ3) is 4.10. The minimum Gasteiger partial charge on any atom is -0.326 e. The number of allylic oxidation sites excluding steroid dienone is 4. The Kier molecular flexibility index (Phi) is 5.78. The van der Waals surface area contributed by atoms with Crippen molar-refractivity contribution >= 4 is 23.2 Å². The second kappa shape index (κ2) is 8.02. The van der Waals surface area contributed by atoms with Gasteiger partial charge in [0.2, 0.25) is 5.91 Å². The van der Waals surface area contributed by atoms with Gasteiger partial charge in [-0.25, -0.2) is 0 Å². The van der Waals surface area contributed by atoms with Crippen molar-refractivity contribution in [3.05, 3.63) is 53.1 Å². The number of anilines is 1. The molecular formula is C21H26ClNO. The monoisotopic (exact) mass is 343 g/mol. The summed E-state index contributed by atoms with van der Waals surface area (Å²) in [4.78, 5) is 12.7. The van der Waals surface area contributed by atoms with Crippen molar-refractivity contribution in [3.63, 3.8) is 0 Å². The van der Waals surface area contributed by atoms with Crippen LogP contribution in [-0.4, -0.2) is 5.91 Å². The second-order valence-corrected chi connectivity index (χ2v) is 7.34. The molecule has 3 rings (SSSR count). The summed E-state index contributed by atoms with van der Waals surface area (Å²) in [6.07, 6.45) is 15.8. The summed E-state index contributed by atoms with van der Waals surface area (Å²) < 4.78 is 0. The van der Waals surface area contributed by atoms with E-state index >= 15 is 0 Å². The minimum atomic E-state index is 0.158. The molecule has 2 nitrogen and oxygen atoms in total. The Morgan fingerprint density at radius 2 is 1.58 bits per heavy atom. The van der Waals surface area contributed by atoms with Crippen LogP contribution in [0.5, 0.6) is 0 Å². The normalized spacial score (nSPS) is 29.5. The lowest BCUT2D eigenvalue weighted by molar-refractivity contribution is -0.117. The Labute approximate surface area is 150 Å². The predicted octanol–water partition coefficient (Wildman–Crippen LogP) is 5.92. The first-order valence-electron chi connectivity index (χ1n) is 9.04. The summed E-state index contributed by atoms with van der Waals surface area (Å²) in [7, 11) is 0. The van der Waals surface area contributed by atoms with Crippen LogP contribution in [0.4, 0.5) is 5.69 Å². The fraction of sp³-hybridized carbons (Fsp3) is 0.476. The molecule has 3 heteroatoms. The van der Waals surface area contributed by atoms with Gasteiger partial charge in [-0.3, -0.25) is 4.79 Å². The van der Waals surface area contributed by atoms with E-state index in [0.29, 0.717) is 16.9 Å². The number of carbonyl (C=O) groups is 1. The molecule has 1 N–H and O–H groups in total. The lowest BCUT2D eigenvalue weighted by atomic mass is 10.1. The number of amides is 1. The van der Waals surface area contributed by atoms with Gasteiger partial charge >= 0.3 is 0 Å². The molecule has 2 aliphatic carbocycles. The molecule has 2 aliphatic rings. The van der Waals surface area contributed by atoms with E-state index in [2.05, 4.69) is 29.6 Å². The highest BCUT2D eigenvalue weighted by atomic mass is 35.5. The van der Waals surface area contributed by atoms with Gasteiger partial charge in [0.05, 0.1) is 0 Å². The lowest BCUT2D eigenvalue weighted by Gasteiger charge is -2.09. The molecule has 1 saturated carbocycles. The van der Waals surface area contributed by atoms with Crippen LogP contribution in [0.25, 0.3) is 0 Å². The van der Waals surface area contributed by atoms with Crippen LogP contribution in [0.2, 0.25) is 5.02 Å². The Hall–Kier alpha value is -1.54. The number of halogens is 1. The van der Waals surface area contributed by atoms with Crippen molar-refractivity contribution < 1.29 is 4.79 Å². The Bertz CT molecular complexity index is 625. The summed E-state index contributed by atoms with van der Waals surface area (Å²) in [6, 6.07) is 5.67. The van der Waals surface area contributed by atoms with Crippen molar-refractivity contribution in [1.29, 1.82) is 0 Å². The summed E-state index contributed by atoms with van der Waals surface area (Å²) in [5.74, 6) is 1.38. The summed E-state index contributed by atoms with van der Waals surface area (Å²) >= 11 is 6.16. The van der Waals surface area contributed by atoms with Crippen LogP contribution in [-0.2, 0) is 4.79 Å². The van der Waals surface area contributed by atoms with E-state index in [1.54, 1.807) is 0 Å². The summed E-state index contributed by atoms with van der Waals surface area (Å²) in [5, 5.41) is 3.81. The van der Waals surface area contributed by atoms with Gasteiger partial charge < -0.3 is 5.32 Å². The largest absolute Gasteiger partial charge is 0.326 e. The molecule has 2 atom stereocenters. The fourth-order valence-electron chi connectivity index (χ4n) is 3.82. The van der Waals surface area contributed by atoms with Crippen molar-refractivity contribution in [2.45, 2.75) is 45.4 Å². The molecular weight excluding hydrogens is 318 g/mol. The van der Waals surface area contributed by atoms with E-state index in [9.17, 15) is 4.79 Å². The Morgan fingerprint density at radius 3 is 2.21 bits per heavy atom. The maximum atomic E-state index is 12.7. The quantitative estimate of drug-likeness (QED) is 0.664. The third-order valence-corrected chi connectivity index (χ3v) is 5.74. The van der Waals surface area contributed by atoms with E-state index < -0.39 is 0 Å². The molecule has 0 unspecified atom stereocenters. The van der Waals surface area contributed by atoms with Crippen molar-refractivity contribution in [1.82, 2.24) is 0 Å². The lowest BCUT2D eigenvalue weighted by Crippen LogP contribution is -2.16. The van der Waals surface area contributed by atoms with E-state index in [1.807, 2.05) is 25.1 Å². The molecule has 0 radical (unpaired) electrons. The Balaban J connectivity index is 1.65. The molecule has 0 heterocycles. The molecule has 1 amide bonds. The minimum absolute atomic E-state index is 0.158. The van der Waals surface area contributed by atoms with Crippen LogP contribution in [0.15, 0.2) is 42.5 Å². The van der Waals surface area contributed by atoms with Crippen molar-refractivity contribution in [3.8, 4) is 0 Å². The summed E-state index contributed by atoms with van der Waals surface area (Å²) in [6.45, 7) is 1.95. The highest BCUT2D eigenvalue weighted by Crippen LogP contribution is 2.52. The SMILES string of the molecule is Cc1c(Cl)cccc1NC(=O)C1[C@@H]2CC/C=C\CC/C=C\CC[C@@H]12. The second-order valence-electron chi connectivity index (χ2n) is 6.93. The van der Waals surface area contributed by atoms with Crippen molar-refractivity contribution in [2.75, 3.05) is 5.32 Å². The molecule has 0 aliphatic heterocycles. The third-order valence-electron chi connectivity index (χ3n) is 5.33.